The number of nitrogens with zero attached hydrogens (tertiary/aromatic N) is 3. The SMILES string of the molecule is CCCc1cc(N2CCCCC2CCO)nc(N)n1. The van der Waals surface area contributed by atoms with E-state index in [1.54, 1.807) is 0 Å². The first-order valence-corrected chi connectivity index (χ1v) is 7.25. The summed E-state index contributed by atoms with van der Waals surface area (Å²) in [5.41, 5.74) is 6.83. The van der Waals surface area contributed by atoms with Crippen LogP contribution >= 0.6 is 0 Å². The molecular weight excluding hydrogens is 240 g/mol. The van der Waals surface area contributed by atoms with Crippen LogP contribution < -0.4 is 10.6 Å². The first-order chi connectivity index (χ1) is 9.24. The van der Waals surface area contributed by atoms with Crippen molar-refractivity contribution in [3.63, 3.8) is 0 Å². The van der Waals surface area contributed by atoms with Crippen LogP contribution in [-0.4, -0.2) is 34.3 Å². The van der Waals surface area contributed by atoms with Gasteiger partial charge in [-0.3, -0.25) is 0 Å². The van der Waals surface area contributed by atoms with Crippen molar-refractivity contribution in [3.05, 3.63) is 11.8 Å². The number of hydrogen-bond acceptors (Lipinski definition) is 5. The molecule has 0 aliphatic carbocycles. The number of piperidine rings is 1. The molecule has 0 spiro atoms. The maximum atomic E-state index is 9.19. The molecule has 1 aromatic heterocycles. The lowest BCUT2D eigenvalue weighted by Gasteiger charge is -2.36. The van der Waals surface area contributed by atoms with E-state index in [0.29, 0.717) is 12.0 Å². The summed E-state index contributed by atoms with van der Waals surface area (Å²) in [7, 11) is 0. The Kier molecular flexibility index (Phi) is 4.96. The van der Waals surface area contributed by atoms with Crippen LogP contribution in [0.5, 0.6) is 0 Å². The van der Waals surface area contributed by atoms with E-state index in [-0.39, 0.29) is 6.61 Å². The molecule has 0 aromatic carbocycles. The number of aliphatic hydroxyl groups is 1. The van der Waals surface area contributed by atoms with E-state index in [1.807, 2.05) is 0 Å². The Hall–Kier alpha value is -1.36. The first kappa shape index (κ1) is 14.1. The zero-order chi connectivity index (χ0) is 13.7. The fourth-order valence-electron chi connectivity index (χ4n) is 2.79. The molecule has 106 valence electrons. The lowest BCUT2D eigenvalue weighted by molar-refractivity contribution is 0.262. The van der Waals surface area contributed by atoms with Gasteiger partial charge in [0.15, 0.2) is 0 Å². The van der Waals surface area contributed by atoms with Crippen LogP contribution in [-0.2, 0) is 6.42 Å². The second-order valence-electron chi connectivity index (χ2n) is 5.18. The summed E-state index contributed by atoms with van der Waals surface area (Å²) in [6.45, 7) is 3.35. The molecule has 1 unspecified atom stereocenters. The van der Waals surface area contributed by atoms with Gasteiger partial charge in [-0.15, -0.1) is 0 Å². The zero-order valence-electron chi connectivity index (χ0n) is 11.7. The van der Waals surface area contributed by atoms with Gasteiger partial charge in [0.2, 0.25) is 5.95 Å². The molecule has 2 rings (SSSR count). The first-order valence-electron chi connectivity index (χ1n) is 7.25. The summed E-state index contributed by atoms with van der Waals surface area (Å²) in [5, 5.41) is 9.19. The summed E-state index contributed by atoms with van der Waals surface area (Å²) in [5.74, 6) is 1.28. The minimum atomic E-state index is 0.226. The van der Waals surface area contributed by atoms with E-state index >= 15 is 0 Å². The van der Waals surface area contributed by atoms with Gasteiger partial charge >= 0.3 is 0 Å². The number of nitrogens with two attached hydrogens (primary N) is 1. The molecule has 1 saturated heterocycles. The Morgan fingerprint density at radius 3 is 3.00 bits per heavy atom. The van der Waals surface area contributed by atoms with E-state index < -0.39 is 0 Å². The van der Waals surface area contributed by atoms with Gasteiger partial charge in [0.1, 0.15) is 5.82 Å². The normalized spacial score (nSPS) is 19.7. The summed E-state index contributed by atoms with van der Waals surface area (Å²) >= 11 is 0. The smallest absolute Gasteiger partial charge is 0.222 e. The summed E-state index contributed by atoms with van der Waals surface area (Å²) in [6.07, 6.45) is 6.30. The molecular formula is C14H24N4O. The average Bonchev–Trinajstić information content (AvgIpc) is 2.39. The lowest BCUT2D eigenvalue weighted by Crippen LogP contribution is -2.40. The van der Waals surface area contributed by atoms with Gasteiger partial charge in [-0.1, -0.05) is 13.3 Å². The molecule has 1 aliphatic rings. The Labute approximate surface area is 114 Å². The van der Waals surface area contributed by atoms with Crippen molar-refractivity contribution in [1.29, 1.82) is 0 Å². The van der Waals surface area contributed by atoms with Crippen molar-refractivity contribution in [2.75, 3.05) is 23.8 Å². The molecule has 1 aromatic rings. The third-order valence-electron chi connectivity index (χ3n) is 3.67. The number of anilines is 2. The zero-order valence-corrected chi connectivity index (χ0v) is 11.7. The second kappa shape index (κ2) is 6.70. The van der Waals surface area contributed by atoms with Crippen LogP contribution in [0.4, 0.5) is 11.8 Å². The quantitative estimate of drug-likeness (QED) is 0.847. The van der Waals surface area contributed by atoms with E-state index in [0.717, 1.165) is 43.7 Å². The summed E-state index contributed by atoms with van der Waals surface area (Å²) in [6, 6.07) is 2.43. The molecule has 1 atom stereocenters. The number of hydrogen-bond donors (Lipinski definition) is 2. The number of aliphatic hydroxyl groups excluding tert-OH is 1. The molecule has 0 radical (unpaired) electrons. The van der Waals surface area contributed by atoms with Gasteiger partial charge in [0.05, 0.1) is 0 Å². The molecule has 0 bridgehead atoms. The number of rotatable bonds is 5. The molecule has 2 heterocycles. The number of nitrogen functional groups attached to an aromatic ring is 1. The highest BCUT2D eigenvalue weighted by molar-refractivity contribution is 5.45. The van der Waals surface area contributed by atoms with Gasteiger partial charge < -0.3 is 15.7 Å². The van der Waals surface area contributed by atoms with E-state index in [9.17, 15) is 5.11 Å². The van der Waals surface area contributed by atoms with Crippen molar-refractivity contribution in [1.82, 2.24) is 9.97 Å². The molecule has 0 saturated carbocycles. The Morgan fingerprint density at radius 2 is 2.26 bits per heavy atom. The molecule has 3 N–H and O–H groups in total. The van der Waals surface area contributed by atoms with Crippen LogP contribution in [0.2, 0.25) is 0 Å². The van der Waals surface area contributed by atoms with Gasteiger partial charge in [0, 0.05) is 31.0 Å². The Morgan fingerprint density at radius 1 is 1.42 bits per heavy atom. The molecule has 1 fully saturated rings. The highest BCUT2D eigenvalue weighted by atomic mass is 16.3. The predicted octanol–water partition coefficient (Wildman–Crippen LogP) is 1.75. The lowest BCUT2D eigenvalue weighted by atomic mass is 9.99. The minimum Gasteiger partial charge on any atom is -0.396 e. The van der Waals surface area contributed by atoms with Crippen molar-refractivity contribution < 1.29 is 5.11 Å². The predicted molar refractivity (Wildman–Crippen MR) is 77.1 cm³/mol. The van der Waals surface area contributed by atoms with Crippen LogP contribution in [0.15, 0.2) is 6.07 Å². The topological polar surface area (TPSA) is 75.3 Å². The second-order valence-corrected chi connectivity index (χ2v) is 5.18. The standard InChI is InChI=1S/C14H24N4O/c1-2-5-11-10-13(17-14(15)16-11)18-8-4-3-6-12(18)7-9-19/h10,12,19H,2-9H2,1H3,(H2,15,16,17). The molecule has 5 nitrogen and oxygen atoms in total. The minimum absolute atomic E-state index is 0.226. The monoisotopic (exact) mass is 264 g/mol. The molecule has 5 heteroatoms. The number of aromatic nitrogens is 2. The fourth-order valence-corrected chi connectivity index (χ4v) is 2.79. The number of aryl methyl sites for hydroxylation is 1. The van der Waals surface area contributed by atoms with Gasteiger partial charge in [-0.2, -0.15) is 4.98 Å². The third-order valence-corrected chi connectivity index (χ3v) is 3.67. The molecule has 1 aliphatic heterocycles. The van der Waals surface area contributed by atoms with Crippen molar-refractivity contribution in [3.8, 4) is 0 Å². The third kappa shape index (κ3) is 3.56. The molecule has 0 amide bonds. The van der Waals surface area contributed by atoms with Crippen LogP contribution in [0, 0.1) is 0 Å². The van der Waals surface area contributed by atoms with Crippen molar-refractivity contribution in [2.45, 2.75) is 51.5 Å². The maximum Gasteiger partial charge on any atom is 0.222 e. The highest BCUT2D eigenvalue weighted by Gasteiger charge is 2.23. The van der Waals surface area contributed by atoms with Crippen molar-refractivity contribution in [2.24, 2.45) is 0 Å². The highest BCUT2D eigenvalue weighted by Crippen LogP contribution is 2.26. The average molecular weight is 264 g/mol. The van der Waals surface area contributed by atoms with Gasteiger partial charge in [-0.25, -0.2) is 4.98 Å². The maximum absolute atomic E-state index is 9.19. The summed E-state index contributed by atoms with van der Waals surface area (Å²) < 4.78 is 0. The van der Waals surface area contributed by atoms with E-state index in [1.165, 1.54) is 12.8 Å². The summed E-state index contributed by atoms with van der Waals surface area (Å²) in [4.78, 5) is 11.0. The van der Waals surface area contributed by atoms with Crippen LogP contribution in [0.25, 0.3) is 0 Å². The van der Waals surface area contributed by atoms with Crippen LogP contribution in [0.3, 0.4) is 0 Å². The Balaban J connectivity index is 2.22. The largest absolute Gasteiger partial charge is 0.396 e. The van der Waals surface area contributed by atoms with Crippen LogP contribution in [0.1, 0.15) is 44.7 Å². The van der Waals surface area contributed by atoms with Crippen molar-refractivity contribution >= 4 is 11.8 Å². The van der Waals surface area contributed by atoms with Gasteiger partial charge in [-0.05, 0) is 32.1 Å². The van der Waals surface area contributed by atoms with E-state index in [2.05, 4.69) is 27.9 Å². The van der Waals surface area contributed by atoms with E-state index in [4.69, 9.17) is 5.73 Å². The Bertz CT molecular complexity index is 408. The molecule has 19 heavy (non-hydrogen) atoms. The van der Waals surface area contributed by atoms with Gasteiger partial charge in [0.25, 0.3) is 0 Å². The fraction of sp³-hybridized carbons (Fsp3) is 0.714.